The van der Waals surface area contributed by atoms with Crippen molar-refractivity contribution >= 4 is 10.0 Å². The Morgan fingerprint density at radius 2 is 1.78 bits per heavy atom. The fraction of sp³-hybridized carbons (Fsp3) is 0.250. The van der Waals surface area contributed by atoms with E-state index in [0.29, 0.717) is 17.4 Å². The van der Waals surface area contributed by atoms with Crippen LogP contribution < -0.4 is 4.72 Å². The predicted molar refractivity (Wildman–Crippen MR) is 103 cm³/mol. The van der Waals surface area contributed by atoms with Gasteiger partial charge in [0.25, 0.3) is 0 Å². The van der Waals surface area contributed by atoms with E-state index in [1.807, 2.05) is 12.1 Å². The highest BCUT2D eigenvalue weighted by molar-refractivity contribution is 7.89. The minimum absolute atomic E-state index is 0.0383. The number of rotatable bonds is 7. The minimum Gasteiger partial charge on any atom is -0.341 e. The molecule has 0 bridgehead atoms. The van der Waals surface area contributed by atoms with Crippen LogP contribution in [0.25, 0.3) is 11.3 Å². The Morgan fingerprint density at radius 1 is 1.11 bits per heavy atom. The first-order valence-corrected chi connectivity index (χ1v) is 10.3. The van der Waals surface area contributed by atoms with Gasteiger partial charge in [0.15, 0.2) is 0 Å². The van der Waals surface area contributed by atoms with E-state index in [1.165, 1.54) is 12.1 Å². The Labute approximate surface area is 158 Å². The highest BCUT2D eigenvalue weighted by Crippen LogP contribution is 2.21. The van der Waals surface area contributed by atoms with Gasteiger partial charge in [-0.05, 0) is 59.9 Å². The molecule has 0 saturated heterocycles. The smallest absolute Gasteiger partial charge is 0.240 e. The van der Waals surface area contributed by atoms with E-state index in [9.17, 15) is 12.8 Å². The van der Waals surface area contributed by atoms with Gasteiger partial charge in [-0.3, -0.25) is 0 Å². The van der Waals surface area contributed by atoms with Gasteiger partial charge in [-0.1, -0.05) is 26.0 Å². The summed E-state index contributed by atoms with van der Waals surface area (Å²) in [7, 11) is -3.63. The minimum atomic E-state index is -3.63. The standard InChI is InChI=1S/C20H22FN3O2S/c1-3-14(2)15-6-10-18(11-7-15)27(25,26)23-13-20-22-12-19(24-20)16-4-8-17(21)9-5-16/h4-12,14,23H,3,13H2,1-2H3,(H,22,24). The van der Waals surface area contributed by atoms with Crippen LogP contribution in [0.2, 0.25) is 0 Å². The van der Waals surface area contributed by atoms with E-state index < -0.39 is 10.0 Å². The van der Waals surface area contributed by atoms with Crippen LogP contribution in [0.1, 0.15) is 37.6 Å². The number of hydrogen-bond donors (Lipinski definition) is 2. The highest BCUT2D eigenvalue weighted by Gasteiger charge is 2.15. The maximum absolute atomic E-state index is 13.0. The van der Waals surface area contributed by atoms with Gasteiger partial charge in [-0.25, -0.2) is 22.5 Å². The second kappa shape index (κ2) is 8.02. The Hall–Kier alpha value is -2.51. The molecule has 0 aliphatic rings. The molecule has 1 unspecified atom stereocenters. The molecule has 3 aromatic rings. The summed E-state index contributed by atoms with van der Waals surface area (Å²) in [5.74, 6) is 0.558. The molecular formula is C20H22FN3O2S. The van der Waals surface area contributed by atoms with Crippen molar-refractivity contribution in [1.82, 2.24) is 14.7 Å². The Balaban J connectivity index is 1.68. The maximum atomic E-state index is 13.0. The lowest BCUT2D eigenvalue weighted by Gasteiger charge is -2.10. The summed E-state index contributed by atoms with van der Waals surface area (Å²) in [5.41, 5.74) is 2.59. The summed E-state index contributed by atoms with van der Waals surface area (Å²) in [6.45, 7) is 4.24. The van der Waals surface area contributed by atoms with Gasteiger partial charge in [-0.15, -0.1) is 0 Å². The summed E-state index contributed by atoms with van der Waals surface area (Å²) in [4.78, 5) is 7.45. The monoisotopic (exact) mass is 387 g/mol. The molecule has 0 saturated carbocycles. The normalized spacial score (nSPS) is 12.9. The van der Waals surface area contributed by atoms with Gasteiger partial charge in [0.1, 0.15) is 11.6 Å². The Morgan fingerprint density at radius 3 is 2.41 bits per heavy atom. The number of imidazole rings is 1. The van der Waals surface area contributed by atoms with E-state index in [0.717, 1.165) is 17.5 Å². The lowest BCUT2D eigenvalue weighted by Crippen LogP contribution is -2.23. The Bertz CT molecular complexity index is 996. The molecule has 0 aliphatic carbocycles. The van der Waals surface area contributed by atoms with Crippen molar-refractivity contribution < 1.29 is 12.8 Å². The summed E-state index contributed by atoms with van der Waals surface area (Å²) in [6.07, 6.45) is 2.59. The van der Waals surface area contributed by atoms with Gasteiger partial charge in [-0.2, -0.15) is 0 Å². The van der Waals surface area contributed by atoms with Crippen molar-refractivity contribution in [3.8, 4) is 11.3 Å². The highest BCUT2D eigenvalue weighted by atomic mass is 32.2. The summed E-state index contributed by atoms with van der Waals surface area (Å²) in [5, 5.41) is 0. The molecule has 0 fully saturated rings. The average Bonchev–Trinajstić information content (AvgIpc) is 3.15. The number of halogens is 1. The van der Waals surface area contributed by atoms with Crippen molar-refractivity contribution in [2.75, 3.05) is 0 Å². The second-order valence-electron chi connectivity index (χ2n) is 6.45. The second-order valence-corrected chi connectivity index (χ2v) is 8.22. The van der Waals surface area contributed by atoms with Crippen LogP contribution >= 0.6 is 0 Å². The average molecular weight is 387 g/mol. The molecule has 0 aliphatic heterocycles. The van der Waals surface area contributed by atoms with Crippen molar-refractivity contribution in [2.45, 2.75) is 37.6 Å². The summed E-state index contributed by atoms with van der Waals surface area (Å²) < 4.78 is 40.5. The Kier molecular flexibility index (Phi) is 5.72. The van der Waals surface area contributed by atoms with Crippen LogP contribution in [-0.4, -0.2) is 18.4 Å². The van der Waals surface area contributed by atoms with Gasteiger partial charge < -0.3 is 4.98 Å². The molecule has 142 valence electrons. The number of H-pyrrole nitrogens is 1. The van der Waals surface area contributed by atoms with Crippen molar-refractivity contribution in [2.24, 2.45) is 0 Å². The molecule has 27 heavy (non-hydrogen) atoms. The number of aromatic amines is 1. The first-order chi connectivity index (χ1) is 12.9. The number of nitrogens with one attached hydrogen (secondary N) is 2. The van der Waals surface area contributed by atoms with E-state index in [-0.39, 0.29) is 17.3 Å². The van der Waals surface area contributed by atoms with Crippen molar-refractivity contribution in [3.63, 3.8) is 0 Å². The van der Waals surface area contributed by atoms with Gasteiger partial charge in [0.05, 0.1) is 23.3 Å². The zero-order valence-corrected chi connectivity index (χ0v) is 16.1. The molecule has 2 N–H and O–H groups in total. The first kappa shape index (κ1) is 19.3. The first-order valence-electron chi connectivity index (χ1n) is 8.78. The molecule has 1 atom stereocenters. The third-order valence-corrected chi connectivity index (χ3v) is 6.00. The van der Waals surface area contributed by atoms with Crippen LogP contribution in [-0.2, 0) is 16.6 Å². The molecule has 0 spiro atoms. The topological polar surface area (TPSA) is 74.8 Å². The number of aromatic nitrogens is 2. The number of hydrogen-bond acceptors (Lipinski definition) is 3. The molecular weight excluding hydrogens is 365 g/mol. The maximum Gasteiger partial charge on any atom is 0.240 e. The molecule has 0 amide bonds. The van der Waals surface area contributed by atoms with Crippen LogP contribution in [0.4, 0.5) is 4.39 Å². The van der Waals surface area contributed by atoms with Crippen LogP contribution in [0, 0.1) is 5.82 Å². The van der Waals surface area contributed by atoms with Crippen LogP contribution in [0.3, 0.4) is 0 Å². The number of benzene rings is 2. The third kappa shape index (κ3) is 4.61. The zero-order chi connectivity index (χ0) is 19.4. The molecule has 3 rings (SSSR count). The predicted octanol–water partition coefficient (Wildman–Crippen LogP) is 4.21. The fourth-order valence-corrected chi connectivity index (χ4v) is 3.67. The van der Waals surface area contributed by atoms with E-state index in [2.05, 4.69) is 28.5 Å². The van der Waals surface area contributed by atoms with Crippen molar-refractivity contribution in [3.05, 3.63) is 71.9 Å². The number of sulfonamides is 1. The molecule has 7 heteroatoms. The van der Waals surface area contributed by atoms with E-state index in [4.69, 9.17) is 0 Å². The molecule has 0 radical (unpaired) electrons. The number of nitrogens with zero attached hydrogens (tertiary/aromatic N) is 1. The van der Waals surface area contributed by atoms with E-state index >= 15 is 0 Å². The SMILES string of the molecule is CCC(C)c1ccc(S(=O)(=O)NCc2ncc(-c3ccc(F)cc3)[nH]2)cc1. The largest absolute Gasteiger partial charge is 0.341 e. The van der Waals surface area contributed by atoms with Gasteiger partial charge in [0, 0.05) is 0 Å². The van der Waals surface area contributed by atoms with Gasteiger partial charge in [0.2, 0.25) is 10.0 Å². The third-order valence-electron chi connectivity index (χ3n) is 4.59. The van der Waals surface area contributed by atoms with Gasteiger partial charge >= 0.3 is 0 Å². The quantitative estimate of drug-likeness (QED) is 0.638. The zero-order valence-electron chi connectivity index (χ0n) is 15.2. The van der Waals surface area contributed by atoms with Crippen LogP contribution in [0.15, 0.2) is 59.6 Å². The molecule has 5 nitrogen and oxygen atoms in total. The summed E-state index contributed by atoms with van der Waals surface area (Å²) >= 11 is 0. The fourth-order valence-electron chi connectivity index (χ4n) is 2.69. The molecule has 2 aromatic carbocycles. The van der Waals surface area contributed by atoms with Crippen molar-refractivity contribution in [1.29, 1.82) is 0 Å². The lowest BCUT2D eigenvalue weighted by molar-refractivity contribution is 0.579. The molecule has 1 heterocycles. The molecule has 1 aromatic heterocycles. The lowest BCUT2D eigenvalue weighted by atomic mass is 9.99. The van der Waals surface area contributed by atoms with E-state index in [1.54, 1.807) is 30.5 Å². The van der Waals surface area contributed by atoms with Crippen LogP contribution in [0.5, 0.6) is 0 Å². The summed E-state index contributed by atoms with van der Waals surface area (Å²) in [6, 6.07) is 12.9.